The monoisotopic (exact) mass is 318 g/mol. The first-order valence-corrected chi connectivity index (χ1v) is 7.67. The number of nitrogens with two attached hydrogens (primary N) is 1. The Hall–Kier alpha value is -0.590. The van der Waals surface area contributed by atoms with Gasteiger partial charge in [0.15, 0.2) is 0 Å². The number of hydrogen-bond donors (Lipinski definition) is 2. The predicted molar refractivity (Wildman–Crippen MR) is 71.2 cm³/mol. The Morgan fingerprint density at radius 3 is 2.59 bits per heavy atom. The van der Waals surface area contributed by atoms with E-state index in [1.54, 1.807) is 13.0 Å². The molecule has 1 aliphatic carbocycles. The minimum absolute atomic E-state index is 0.0734. The van der Waals surface area contributed by atoms with E-state index in [0.717, 1.165) is 6.42 Å². The minimum Gasteiger partial charge on any atom is -0.398 e. The molecule has 0 aliphatic heterocycles. The first kappa shape index (κ1) is 12.9. The third kappa shape index (κ3) is 2.64. The van der Waals surface area contributed by atoms with E-state index in [9.17, 15) is 8.42 Å². The second-order valence-electron chi connectivity index (χ2n) is 4.58. The molecular formula is C11H15BrN2O2S. The number of halogens is 1. The van der Waals surface area contributed by atoms with Crippen LogP contribution in [0.1, 0.15) is 18.9 Å². The summed E-state index contributed by atoms with van der Waals surface area (Å²) < 4.78 is 27.7. The zero-order chi connectivity index (χ0) is 12.8. The summed E-state index contributed by atoms with van der Waals surface area (Å²) in [5.41, 5.74) is 6.84. The Labute approximate surface area is 110 Å². The topological polar surface area (TPSA) is 72.2 Å². The maximum atomic E-state index is 12.1. The summed E-state index contributed by atoms with van der Waals surface area (Å²) in [5.74, 6) is 0.429. The summed E-state index contributed by atoms with van der Waals surface area (Å²) in [7, 11) is -3.45. The Kier molecular flexibility index (Phi) is 3.22. The Bertz CT molecular complexity index is 557. The van der Waals surface area contributed by atoms with Crippen LogP contribution < -0.4 is 10.5 Å². The smallest absolute Gasteiger partial charge is 0.241 e. The van der Waals surface area contributed by atoms with E-state index in [1.807, 2.05) is 6.92 Å². The minimum atomic E-state index is -3.45. The fourth-order valence-electron chi connectivity index (χ4n) is 1.71. The molecule has 17 heavy (non-hydrogen) atoms. The number of anilines is 1. The molecule has 0 bridgehead atoms. The molecule has 2 atom stereocenters. The first-order chi connectivity index (χ1) is 7.81. The van der Waals surface area contributed by atoms with Crippen molar-refractivity contribution in [3.05, 3.63) is 22.2 Å². The third-order valence-electron chi connectivity index (χ3n) is 3.00. The molecular weight excluding hydrogens is 304 g/mol. The number of aryl methyl sites for hydroxylation is 1. The Balaban J connectivity index is 2.35. The lowest BCUT2D eigenvalue weighted by Gasteiger charge is -2.10. The van der Waals surface area contributed by atoms with E-state index >= 15 is 0 Å². The molecule has 0 heterocycles. The van der Waals surface area contributed by atoms with Crippen molar-refractivity contribution in [2.45, 2.75) is 31.2 Å². The molecule has 1 aromatic carbocycles. The summed E-state index contributed by atoms with van der Waals surface area (Å²) in [6, 6.07) is 3.29. The van der Waals surface area contributed by atoms with Crippen LogP contribution in [0.4, 0.5) is 5.69 Å². The van der Waals surface area contributed by atoms with Gasteiger partial charge < -0.3 is 5.73 Å². The van der Waals surface area contributed by atoms with Crippen LogP contribution in [0.25, 0.3) is 0 Å². The second kappa shape index (κ2) is 4.26. The molecule has 94 valence electrons. The maximum Gasteiger partial charge on any atom is 0.241 e. The number of benzene rings is 1. The molecule has 4 nitrogen and oxygen atoms in total. The number of sulfonamides is 1. The van der Waals surface area contributed by atoms with E-state index in [2.05, 4.69) is 20.7 Å². The second-order valence-corrected chi connectivity index (χ2v) is 7.12. The van der Waals surface area contributed by atoms with Crippen LogP contribution in [0.3, 0.4) is 0 Å². The molecule has 0 spiro atoms. The highest BCUT2D eigenvalue weighted by atomic mass is 79.9. The molecule has 2 rings (SSSR count). The van der Waals surface area contributed by atoms with Gasteiger partial charge in [-0.3, -0.25) is 0 Å². The van der Waals surface area contributed by atoms with Gasteiger partial charge in [-0.1, -0.05) is 6.92 Å². The zero-order valence-electron chi connectivity index (χ0n) is 9.70. The molecule has 1 aromatic rings. The van der Waals surface area contributed by atoms with Crippen molar-refractivity contribution in [2.24, 2.45) is 5.92 Å². The van der Waals surface area contributed by atoms with Gasteiger partial charge in [-0.2, -0.15) is 0 Å². The molecule has 2 unspecified atom stereocenters. The van der Waals surface area contributed by atoms with Crippen LogP contribution in [0.2, 0.25) is 0 Å². The summed E-state index contributed by atoms with van der Waals surface area (Å²) in [6.07, 6.45) is 0.907. The predicted octanol–water partition coefficient (Wildman–Crippen LogP) is 2.03. The highest BCUT2D eigenvalue weighted by Gasteiger charge is 2.36. The van der Waals surface area contributed by atoms with Crippen LogP contribution in [0.15, 0.2) is 21.5 Å². The summed E-state index contributed by atoms with van der Waals surface area (Å²) in [4.78, 5) is 0.261. The summed E-state index contributed by atoms with van der Waals surface area (Å²) >= 11 is 3.28. The van der Waals surface area contributed by atoms with E-state index in [0.29, 0.717) is 21.6 Å². The van der Waals surface area contributed by atoms with Crippen LogP contribution in [0.5, 0.6) is 0 Å². The van der Waals surface area contributed by atoms with Crippen LogP contribution in [-0.2, 0) is 10.0 Å². The summed E-state index contributed by atoms with van der Waals surface area (Å²) in [6.45, 7) is 3.78. The number of rotatable bonds is 3. The van der Waals surface area contributed by atoms with E-state index in [1.165, 1.54) is 6.07 Å². The molecule has 1 saturated carbocycles. The zero-order valence-corrected chi connectivity index (χ0v) is 12.1. The van der Waals surface area contributed by atoms with Gasteiger partial charge in [-0.15, -0.1) is 0 Å². The van der Waals surface area contributed by atoms with Crippen molar-refractivity contribution in [3.63, 3.8) is 0 Å². The van der Waals surface area contributed by atoms with Gasteiger partial charge in [0.05, 0.1) is 4.90 Å². The fraction of sp³-hybridized carbons (Fsp3) is 0.455. The number of nitrogen functional groups attached to an aromatic ring is 1. The number of hydrogen-bond acceptors (Lipinski definition) is 3. The van der Waals surface area contributed by atoms with Crippen molar-refractivity contribution < 1.29 is 8.42 Å². The standard InChI is InChI=1S/C11H15BrN2O2S/c1-6-4-10(6)14-17(15,16)11-5-9(13)8(12)3-7(11)2/h3,5-6,10,14H,4,13H2,1-2H3. The number of nitrogens with one attached hydrogen (secondary N) is 1. The van der Waals surface area contributed by atoms with E-state index in [4.69, 9.17) is 5.73 Å². The van der Waals surface area contributed by atoms with Gasteiger partial charge >= 0.3 is 0 Å². The first-order valence-electron chi connectivity index (χ1n) is 5.39. The van der Waals surface area contributed by atoms with Gasteiger partial charge in [-0.25, -0.2) is 13.1 Å². The van der Waals surface area contributed by atoms with Crippen molar-refractivity contribution in [2.75, 3.05) is 5.73 Å². The van der Waals surface area contributed by atoms with Gasteiger partial charge in [0, 0.05) is 16.2 Å². The van der Waals surface area contributed by atoms with Crippen molar-refractivity contribution >= 4 is 31.6 Å². The van der Waals surface area contributed by atoms with E-state index < -0.39 is 10.0 Å². The van der Waals surface area contributed by atoms with Gasteiger partial charge in [-0.05, 0) is 52.9 Å². The van der Waals surface area contributed by atoms with E-state index in [-0.39, 0.29) is 10.9 Å². The van der Waals surface area contributed by atoms with Crippen LogP contribution >= 0.6 is 15.9 Å². The largest absolute Gasteiger partial charge is 0.398 e. The fourth-order valence-corrected chi connectivity index (χ4v) is 3.78. The molecule has 1 fully saturated rings. The summed E-state index contributed by atoms with van der Waals surface area (Å²) in [5, 5.41) is 0. The van der Waals surface area contributed by atoms with Gasteiger partial charge in [0.2, 0.25) is 10.0 Å². The average molecular weight is 319 g/mol. The highest BCUT2D eigenvalue weighted by molar-refractivity contribution is 9.10. The van der Waals surface area contributed by atoms with Crippen molar-refractivity contribution in [3.8, 4) is 0 Å². The molecule has 0 aromatic heterocycles. The van der Waals surface area contributed by atoms with Crippen molar-refractivity contribution in [1.82, 2.24) is 4.72 Å². The molecule has 0 saturated heterocycles. The van der Waals surface area contributed by atoms with Crippen molar-refractivity contribution in [1.29, 1.82) is 0 Å². The average Bonchev–Trinajstić information content (AvgIpc) is 2.86. The Morgan fingerprint density at radius 2 is 2.06 bits per heavy atom. The Morgan fingerprint density at radius 1 is 1.47 bits per heavy atom. The molecule has 0 amide bonds. The lowest BCUT2D eigenvalue weighted by atomic mass is 10.2. The maximum absolute atomic E-state index is 12.1. The van der Waals surface area contributed by atoms with Gasteiger partial charge in [0.25, 0.3) is 0 Å². The quantitative estimate of drug-likeness (QED) is 0.837. The lowest BCUT2D eigenvalue weighted by molar-refractivity contribution is 0.577. The van der Waals surface area contributed by atoms with Crippen LogP contribution in [-0.4, -0.2) is 14.5 Å². The molecule has 0 radical (unpaired) electrons. The SMILES string of the molecule is Cc1cc(Br)c(N)cc1S(=O)(=O)NC1CC1C. The molecule has 1 aliphatic rings. The lowest BCUT2D eigenvalue weighted by Crippen LogP contribution is -2.27. The molecule has 3 N–H and O–H groups in total. The third-order valence-corrected chi connectivity index (χ3v) is 5.32. The van der Waals surface area contributed by atoms with Gasteiger partial charge in [0.1, 0.15) is 0 Å². The normalized spacial score (nSPS) is 23.7. The molecule has 6 heteroatoms. The van der Waals surface area contributed by atoms with Crippen LogP contribution in [0, 0.1) is 12.8 Å². The highest BCUT2D eigenvalue weighted by Crippen LogP contribution is 2.32.